The zero-order chi connectivity index (χ0) is 27.9. The van der Waals surface area contributed by atoms with Crippen LogP contribution in [0, 0.1) is 0 Å². The number of anilines is 4. The summed E-state index contributed by atoms with van der Waals surface area (Å²) in [5.41, 5.74) is 5.08. The second-order valence-corrected chi connectivity index (χ2v) is 10.5. The number of hydrogen-bond donors (Lipinski definition) is 4. The van der Waals surface area contributed by atoms with Crippen molar-refractivity contribution in [1.29, 1.82) is 0 Å². The fourth-order valence-corrected chi connectivity index (χ4v) is 4.78. The highest BCUT2D eigenvalue weighted by molar-refractivity contribution is 8.00. The van der Waals surface area contributed by atoms with E-state index in [1.807, 2.05) is 104 Å². The fraction of sp³-hybridized carbons (Fsp3) is 0.100. The third-order valence-electron chi connectivity index (χ3n) is 5.86. The topological polar surface area (TPSA) is 98.0 Å². The molecule has 2 heterocycles. The predicted molar refractivity (Wildman–Crippen MR) is 166 cm³/mol. The molecule has 8 nitrogen and oxygen atoms in total. The zero-order valence-electron chi connectivity index (χ0n) is 22.0. The quantitative estimate of drug-likeness (QED) is 0.104. The van der Waals surface area contributed by atoms with Gasteiger partial charge in [0.1, 0.15) is 0 Å². The number of rotatable bonds is 10. The van der Waals surface area contributed by atoms with Crippen LogP contribution in [0.3, 0.4) is 0 Å². The number of amides is 1. The Hall–Kier alpha value is -4.31. The van der Waals surface area contributed by atoms with Crippen LogP contribution < -0.4 is 15.4 Å². The van der Waals surface area contributed by atoms with Crippen LogP contribution in [0.4, 0.5) is 23.0 Å². The molecule has 1 amide bonds. The highest BCUT2D eigenvalue weighted by Crippen LogP contribution is 2.33. The molecule has 0 fully saturated rings. The van der Waals surface area contributed by atoms with Gasteiger partial charge in [0.15, 0.2) is 0 Å². The van der Waals surface area contributed by atoms with Crippen LogP contribution in [0.2, 0.25) is 5.02 Å². The normalized spacial score (nSPS) is 11.3. The van der Waals surface area contributed by atoms with Crippen molar-refractivity contribution in [2.24, 2.45) is 0 Å². The number of halogens is 1. The number of nitrogens with zero attached hydrogens (tertiary/aromatic N) is 3. The summed E-state index contributed by atoms with van der Waals surface area (Å²) in [5.74, 6) is 0.298. The smallest absolute Gasteiger partial charge is 0.248 e. The number of nitrogens with one attached hydrogen (secondary N) is 4. The van der Waals surface area contributed by atoms with E-state index in [9.17, 15) is 4.79 Å². The molecular formula is C30H28ClN7OS. The molecule has 5 aromatic rings. The summed E-state index contributed by atoms with van der Waals surface area (Å²) in [4.78, 5) is 27.4. The Morgan fingerprint density at radius 3 is 2.65 bits per heavy atom. The van der Waals surface area contributed by atoms with Gasteiger partial charge in [0.2, 0.25) is 11.9 Å². The molecule has 0 saturated heterocycles. The number of likely N-dealkylation sites (N-methyl/N-ethyl adjacent to an activating group) is 1. The standard InChI is InChI=1S/C30H28ClN7OS/c1-38(2)16-6-11-28(39)34-20-12-14-23(15-13-20)40-37-22-8-5-7-21(17-22)35-30-33-19-26(31)29(36-30)25-18-32-27-10-4-3-9-24(25)27/h3-15,17-19,32,37H,16H2,1-2H3,(H,34,39)(H,33,35,36)/b11-6+. The van der Waals surface area contributed by atoms with Gasteiger partial charge in [-0.2, -0.15) is 0 Å². The summed E-state index contributed by atoms with van der Waals surface area (Å²) in [5, 5.41) is 7.67. The van der Waals surface area contributed by atoms with Crippen molar-refractivity contribution < 1.29 is 4.79 Å². The maximum absolute atomic E-state index is 12.0. The van der Waals surface area contributed by atoms with Crippen molar-refractivity contribution in [2.75, 3.05) is 36.0 Å². The number of H-pyrrole nitrogens is 1. The lowest BCUT2D eigenvalue weighted by Crippen LogP contribution is -2.12. The maximum Gasteiger partial charge on any atom is 0.248 e. The first-order valence-corrected chi connectivity index (χ1v) is 13.8. The molecule has 4 N–H and O–H groups in total. The van der Waals surface area contributed by atoms with Crippen molar-refractivity contribution in [1.82, 2.24) is 19.9 Å². The number of carbonyl (C=O) groups is 1. The van der Waals surface area contributed by atoms with Gasteiger partial charge in [0, 0.05) is 57.2 Å². The van der Waals surface area contributed by atoms with Crippen molar-refractivity contribution in [3.05, 3.63) is 102 Å². The molecular weight excluding hydrogens is 542 g/mol. The number of hydrogen-bond acceptors (Lipinski definition) is 7. The molecule has 202 valence electrons. The minimum atomic E-state index is -0.150. The molecule has 0 aliphatic carbocycles. The minimum absolute atomic E-state index is 0.150. The van der Waals surface area contributed by atoms with Crippen LogP contribution in [0.15, 0.2) is 102 Å². The van der Waals surface area contributed by atoms with E-state index in [-0.39, 0.29) is 5.91 Å². The Morgan fingerprint density at radius 2 is 1.82 bits per heavy atom. The van der Waals surface area contributed by atoms with Crippen LogP contribution in [0.5, 0.6) is 0 Å². The van der Waals surface area contributed by atoms with Gasteiger partial charge >= 0.3 is 0 Å². The summed E-state index contributed by atoms with van der Waals surface area (Å²) in [7, 11) is 3.91. The Labute approximate surface area is 242 Å². The number of fused-ring (bicyclic) bond motifs is 1. The molecule has 0 atom stereocenters. The van der Waals surface area contributed by atoms with E-state index in [1.54, 1.807) is 12.3 Å². The van der Waals surface area contributed by atoms with Gasteiger partial charge in [-0.15, -0.1) is 0 Å². The molecule has 0 aliphatic rings. The molecule has 0 unspecified atom stereocenters. The SMILES string of the molecule is CN(C)C/C=C/C(=O)Nc1ccc(SNc2cccc(Nc3ncc(Cl)c(-c4c[nH]c5ccccc45)n3)c2)cc1. The first-order valence-electron chi connectivity index (χ1n) is 12.6. The number of benzene rings is 3. The largest absolute Gasteiger partial charge is 0.360 e. The second kappa shape index (κ2) is 12.7. The van der Waals surface area contributed by atoms with Crippen molar-refractivity contribution in [2.45, 2.75) is 4.90 Å². The minimum Gasteiger partial charge on any atom is -0.360 e. The summed E-state index contributed by atoms with van der Waals surface area (Å²) >= 11 is 7.95. The predicted octanol–water partition coefficient (Wildman–Crippen LogP) is 7.20. The third kappa shape index (κ3) is 7.01. The van der Waals surface area contributed by atoms with E-state index in [0.29, 0.717) is 23.2 Å². The average Bonchev–Trinajstić information content (AvgIpc) is 3.38. The summed E-state index contributed by atoms with van der Waals surface area (Å²) in [6.45, 7) is 0.712. The van der Waals surface area contributed by atoms with Crippen LogP contribution in [-0.2, 0) is 4.79 Å². The van der Waals surface area contributed by atoms with Gasteiger partial charge in [0.05, 0.1) is 16.9 Å². The molecule has 3 aromatic carbocycles. The van der Waals surface area contributed by atoms with Crippen LogP contribution >= 0.6 is 23.5 Å². The summed E-state index contributed by atoms with van der Waals surface area (Å²) < 4.78 is 3.36. The molecule has 0 aliphatic heterocycles. The highest BCUT2D eigenvalue weighted by atomic mass is 35.5. The van der Waals surface area contributed by atoms with E-state index < -0.39 is 0 Å². The Bertz CT molecular complexity index is 1650. The van der Waals surface area contributed by atoms with E-state index >= 15 is 0 Å². The van der Waals surface area contributed by atoms with E-state index in [0.717, 1.165) is 38.4 Å². The first kappa shape index (κ1) is 27.3. The van der Waals surface area contributed by atoms with E-state index in [1.165, 1.54) is 11.9 Å². The van der Waals surface area contributed by atoms with Gasteiger partial charge < -0.3 is 25.2 Å². The molecule has 10 heteroatoms. The number of aromatic nitrogens is 3. The Balaban J connectivity index is 1.21. The zero-order valence-corrected chi connectivity index (χ0v) is 23.6. The second-order valence-electron chi connectivity index (χ2n) is 9.23. The fourth-order valence-electron chi connectivity index (χ4n) is 3.95. The van der Waals surface area contributed by atoms with Crippen LogP contribution in [0.25, 0.3) is 22.2 Å². The third-order valence-corrected chi connectivity index (χ3v) is 6.98. The van der Waals surface area contributed by atoms with Gasteiger partial charge in [-0.1, -0.05) is 41.9 Å². The molecule has 2 aromatic heterocycles. The summed E-state index contributed by atoms with van der Waals surface area (Å²) in [6, 6.07) is 23.5. The maximum atomic E-state index is 12.0. The molecule has 5 rings (SSSR count). The Morgan fingerprint density at radius 1 is 1.02 bits per heavy atom. The van der Waals surface area contributed by atoms with Gasteiger partial charge in [-0.25, -0.2) is 9.97 Å². The number of carbonyl (C=O) groups excluding carboxylic acids is 1. The highest BCUT2D eigenvalue weighted by Gasteiger charge is 2.13. The average molecular weight is 570 g/mol. The molecule has 0 spiro atoms. The molecule has 0 radical (unpaired) electrons. The van der Waals surface area contributed by atoms with Crippen molar-refractivity contribution in [3.63, 3.8) is 0 Å². The van der Waals surface area contributed by atoms with Crippen LogP contribution in [-0.4, -0.2) is 46.4 Å². The van der Waals surface area contributed by atoms with Crippen LogP contribution in [0.1, 0.15) is 0 Å². The lowest BCUT2D eigenvalue weighted by Gasteiger charge is -2.11. The monoisotopic (exact) mass is 569 g/mol. The summed E-state index contributed by atoms with van der Waals surface area (Å²) in [6.07, 6.45) is 6.89. The lowest BCUT2D eigenvalue weighted by atomic mass is 10.1. The van der Waals surface area contributed by atoms with Crippen molar-refractivity contribution in [3.8, 4) is 11.3 Å². The van der Waals surface area contributed by atoms with Gasteiger partial charge in [-0.3, -0.25) is 4.79 Å². The Kier molecular flexibility index (Phi) is 8.65. The number of para-hydroxylation sites is 1. The van der Waals surface area contributed by atoms with E-state index in [2.05, 4.69) is 25.3 Å². The van der Waals surface area contributed by atoms with Crippen molar-refractivity contribution >= 4 is 63.4 Å². The molecule has 40 heavy (non-hydrogen) atoms. The molecule has 0 bridgehead atoms. The van der Waals surface area contributed by atoms with Gasteiger partial charge in [0.25, 0.3) is 0 Å². The lowest BCUT2D eigenvalue weighted by molar-refractivity contribution is -0.111. The first-order chi connectivity index (χ1) is 19.4. The number of aromatic amines is 1. The van der Waals surface area contributed by atoms with Gasteiger partial charge in [-0.05, 0) is 74.6 Å². The van der Waals surface area contributed by atoms with E-state index in [4.69, 9.17) is 16.6 Å². The molecule has 0 saturated carbocycles.